The number of nitrogen functional groups attached to an aromatic ring is 1. The Labute approximate surface area is 154 Å². The first-order valence-corrected chi connectivity index (χ1v) is 10.3. The van der Waals surface area contributed by atoms with Gasteiger partial charge in [-0.25, -0.2) is 0 Å². The van der Waals surface area contributed by atoms with E-state index in [1.807, 2.05) is 0 Å². The normalized spacial score (nSPS) is 12.2. The fourth-order valence-corrected chi connectivity index (χ4v) is 4.03. The summed E-state index contributed by atoms with van der Waals surface area (Å²) < 4.78 is 62.5. The Balaban J connectivity index is 2.27. The predicted octanol–water partition coefficient (Wildman–Crippen LogP) is 3.09. The van der Waals surface area contributed by atoms with E-state index in [0.29, 0.717) is 0 Å². The standard InChI is InChI=1S/C16H12ClNO6S2/c17-16-13-8-11(25(19,20)21)9-15(12(13)6-7-14(16)18)24-26(22,23)10-4-2-1-3-5-10/h1-9H,18H2,(H,19,20,21). The van der Waals surface area contributed by atoms with Crippen molar-refractivity contribution in [3.8, 4) is 5.75 Å². The molecule has 0 aromatic heterocycles. The molecule has 0 amide bonds. The van der Waals surface area contributed by atoms with Crippen LogP contribution in [0.25, 0.3) is 10.8 Å². The van der Waals surface area contributed by atoms with Gasteiger partial charge < -0.3 is 9.92 Å². The molecule has 0 aliphatic rings. The quantitative estimate of drug-likeness (QED) is 0.382. The van der Waals surface area contributed by atoms with E-state index in [2.05, 4.69) is 0 Å². The van der Waals surface area contributed by atoms with Crippen molar-refractivity contribution in [1.29, 1.82) is 0 Å². The summed E-state index contributed by atoms with van der Waals surface area (Å²) in [6.45, 7) is 0. The molecule has 0 aliphatic heterocycles. The zero-order valence-electron chi connectivity index (χ0n) is 13.0. The van der Waals surface area contributed by atoms with Gasteiger partial charge in [-0.05, 0) is 30.3 Å². The van der Waals surface area contributed by atoms with E-state index >= 15 is 0 Å². The number of anilines is 1. The third kappa shape index (κ3) is 3.47. The highest BCUT2D eigenvalue weighted by Crippen LogP contribution is 2.37. The molecular formula is C16H12ClNO6S2. The van der Waals surface area contributed by atoms with Crippen molar-refractivity contribution in [3.05, 3.63) is 59.6 Å². The molecule has 0 unspecified atom stereocenters. The van der Waals surface area contributed by atoms with Crippen LogP contribution in [-0.4, -0.2) is 21.4 Å². The van der Waals surface area contributed by atoms with Gasteiger partial charge in [-0.15, -0.1) is 0 Å². The first-order valence-electron chi connectivity index (χ1n) is 7.08. The van der Waals surface area contributed by atoms with Crippen LogP contribution in [0.15, 0.2) is 64.4 Å². The first-order chi connectivity index (χ1) is 12.1. The number of hydrogen-bond acceptors (Lipinski definition) is 6. The van der Waals surface area contributed by atoms with Crippen LogP contribution >= 0.6 is 11.6 Å². The minimum Gasteiger partial charge on any atom is -0.398 e. The molecule has 0 aliphatic carbocycles. The van der Waals surface area contributed by atoms with E-state index in [1.165, 1.54) is 36.4 Å². The second-order valence-electron chi connectivity index (χ2n) is 5.31. The summed E-state index contributed by atoms with van der Waals surface area (Å²) in [5.74, 6) is -0.305. The molecule has 0 saturated carbocycles. The van der Waals surface area contributed by atoms with Crippen LogP contribution in [0.3, 0.4) is 0 Å². The highest BCUT2D eigenvalue weighted by Gasteiger charge is 2.22. The third-order valence-electron chi connectivity index (χ3n) is 3.56. The van der Waals surface area contributed by atoms with Gasteiger partial charge in [0.05, 0.1) is 15.6 Å². The van der Waals surface area contributed by atoms with Crippen molar-refractivity contribution < 1.29 is 25.6 Å². The van der Waals surface area contributed by atoms with Gasteiger partial charge in [-0.2, -0.15) is 16.8 Å². The van der Waals surface area contributed by atoms with Crippen molar-refractivity contribution >= 4 is 48.3 Å². The van der Waals surface area contributed by atoms with E-state index in [0.717, 1.165) is 12.1 Å². The van der Waals surface area contributed by atoms with Crippen LogP contribution in [-0.2, 0) is 20.2 Å². The number of nitrogens with two attached hydrogens (primary N) is 1. The molecule has 0 atom stereocenters. The van der Waals surface area contributed by atoms with E-state index in [4.69, 9.17) is 21.5 Å². The molecule has 0 fully saturated rings. The maximum Gasteiger partial charge on any atom is 0.339 e. The smallest absolute Gasteiger partial charge is 0.339 e. The lowest BCUT2D eigenvalue weighted by atomic mass is 10.1. The second kappa shape index (κ2) is 6.44. The molecule has 136 valence electrons. The first kappa shape index (κ1) is 18.5. The lowest BCUT2D eigenvalue weighted by Crippen LogP contribution is -2.10. The van der Waals surface area contributed by atoms with E-state index in [-0.39, 0.29) is 32.1 Å². The summed E-state index contributed by atoms with van der Waals surface area (Å²) in [5.41, 5.74) is 5.87. The topological polar surface area (TPSA) is 124 Å². The zero-order valence-corrected chi connectivity index (χ0v) is 15.3. The monoisotopic (exact) mass is 413 g/mol. The van der Waals surface area contributed by atoms with Crippen molar-refractivity contribution in [3.63, 3.8) is 0 Å². The van der Waals surface area contributed by atoms with Crippen LogP contribution in [0.5, 0.6) is 5.75 Å². The second-order valence-corrected chi connectivity index (χ2v) is 8.66. The molecule has 0 heterocycles. The lowest BCUT2D eigenvalue weighted by molar-refractivity contribution is 0.477. The predicted molar refractivity (Wildman–Crippen MR) is 97.4 cm³/mol. The number of benzene rings is 3. The van der Waals surface area contributed by atoms with Crippen LogP contribution in [0.4, 0.5) is 5.69 Å². The molecule has 0 spiro atoms. The molecule has 26 heavy (non-hydrogen) atoms. The Morgan fingerprint density at radius 2 is 1.54 bits per heavy atom. The minimum absolute atomic E-state index is 0.00922. The van der Waals surface area contributed by atoms with Gasteiger partial charge in [-0.1, -0.05) is 29.8 Å². The van der Waals surface area contributed by atoms with Gasteiger partial charge in [0, 0.05) is 16.8 Å². The van der Waals surface area contributed by atoms with Crippen molar-refractivity contribution in [1.82, 2.24) is 0 Å². The Morgan fingerprint density at radius 1 is 0.885 bits per heavy atom. The summed E-state index contributed by atoms with van der Waals surface area (Å²) in [6, 6.07) is 12.2. The third-order valence-corrected chi connectivity index (χ3v) is 6.07. The Morgan fingerprint density at radius 3 is 2.15 bits per heavy atom. The molecule has 3 N–H and O–H groups in total. The van der Waals surface area contributed by atoms with Crippen LogP contribution in [0.2, 0.25) is 5.02 Å². The molecule has 0 bridgehead atoms. The highest BCUT2D eigenvalue weighted by atomic mass is 35.5. The molecular weight excluding hydrogens is 402 g/mol. The summed E-state index contributed by atoms with van der Waals surface area (Å²) in [7, 11) is -8.88. The molecule has 10 heteroatoms. The van der Waals surface area contributed by atoms with Gasteiger partial charge in [0.15, 0.2) is 5.75 Å². The summed E-state index contributed by atoms with van der Waals surface area (Å²) in [6.07, 6.45) is 0. The summed E-state index contributed by atoms with van der Waals surface area (Å²) in [5, 5.41) is 0.353. The van der Waals surface area contributed by atoms with Crippen molar-refractivity contribution in [2.24, 2.45) is 0 Å². The Kier molecular flexibility index (Phi) is 4.57. The molecule has 3 aromatic rings. The maximum absolute atomic E-state index is 12.5. The minimum atomic E-state index is -4.64. The van der Waals surface area contributed by atoms with Gasteiger partial charge in [0.2, 0.25) is 0 Å². The largest absolute Gasteiger partial charge is 0.398 e. The summed E-state index contributed by atoms with van der Waals surface area (Å²) >= 11 is 6.10. The SMILES string of the molecule is Nc1ccc2c(OS(=O)(=O)c3ccccc3)cc(S(=O)(=O)O)cc2c1Cl. The van der Waals surface area contributed by atoms with E-state index < -0.39 is 25.1 Å². The fraction of sp³-hybridized carbons (Fsp3) is 0. The van der Waals surface area contributed by atoms with Gasteiger partial charge in [-0.3, -0.25) is 4.55 Å². The fourth-order valence-electron chi connectivity index (χ4n) is 2.33. The number of fused-ring (bicyclic) bond motifs is 1. The highest BCUT2D eigenvalue weighted by molar-refractivity contribution is 7.87. The average molecular weight is 414 g/mol. The Hall–Kier alpha value is -2.33. The van der Waals surface area contributed by atoms with Crippen LogP contribution in [0, 0.1) is 0 Å². The molecule has 7 nitrogen and oxygen atoms in total. The molecule has 3 rings (SSSR count). The van der Waals surface area contributed by atoms with Crippen LogP contribution < -0.4 is 9.92 Å². The summed E-state index contributed by atoms with van der Waals surface area (Å²) in [4.78, 5) is -0.692. The van der Waals surface area contributed by atoms with E-state index in [9.17, 15) is 21.4 Å². The van der Waals surface area contributed by atoms with Crippen LogP contribution in [0.1, 0.15) is 0 Å². The average Bonchev–Trinajstić information content (AvgIpc) is 2.58. The maximum atomic E-state index is 12.5. The zero-order chi connectivity index (χ0) is 19.1. The van der Waals surface area contributed by atoms with Gasteiger partial charge in [0.1, 0.15) is 4.90 Å². The Bertz CT molecular complexity index is 1210. The molecule has 3 aromatic carbocycles. The van der Waals surface area contributed by atoms with Crippen molar-refractivity contribution in [2.75, 3.05) is 5.73 Å². The van der Waals surface area contributed by atoms with Gasteiger partial charge in [0.25, 0.3) is 10.1 Å². The lowest BCUT2D eigenvalue weighted by Gasteiger charge is -2.13. The number of rotatable bonds is 4. The van der Waals surface area contributed by atoms with E-state index in [1.54, 1.807) is 6.07 Å². The van der Waals surface area contributed by atoms with Gasteiger partial charge >= 0.3 is 10.1 Å². The molecule has 0 saturated heterocycles. The number of hydrogen-bond donors (Lipinski definition) is 2. The molecule has 0 radical (unpaired) electrons. The number of halogens is 1. The van der Waals surface area contributed by atoms with Crippen molar-refractivity contribution in [2.45, 2.75) is 9.79 Å².